The lowest BCUT2D eigenvalue weighted by molar-refractivity contribution is 0.221. The van der Waals surface area contributed by atoms with E-state index in [1.54, 1.807) is 18.2 Å². The summed E-state index contributed by atoms with van der Waals surface area (Å²) < 4.78 is 5.94. The molecule has 0 aliphatic heterocycles. The zero-order valence-electron chi connectivity index (χ0n) is 21.7. The van der Waals surface area contributed by atoms with E-state index in [4.69, 9.17) is 14.7 Å². The molecule has 0 radical (unpaired) electrons. The van der Waals surface area contributed by atoms with Gasteiger partial charge in [-0.05, 0) is 59.4 Å². The first-order chi connectivity index (χ1) is 19.1. The van der Waals surface area contributed by atoms with Gasteiger partial charge < -0.3 is 9.84 Å². The number of hydrogen-bond donors (Lipinski definition) is 1. The van der Waals surface area contributed by atoms with Gasteiger partial charge in [0.15, 0.2) is 11.6 Å². The maximum atomic E-state index is 10.5. The van der Waals surface area contributed by atoms with Crippen LogP contribution < -0.4 is 4.74 Å². The van der Waals surface area contributed by atoms with E-state index in [0.29, 0.717) is 17.2 Å². The van der Waals surface area contributed by atoms with E-state index >= 15 is 0 Å². The zero-order chi connectivity index (χ0) is 26.5. The summed E-state index contributed by atoms with van der Waals surface area (Å²) in [6, 6.07) is 22.4. The fourth-order valence-electron chi connectivity index (χ4n) is 5.85. The topological polar surface area (TPSA) is 68.1 Å². The second-order valence-corrected chi connectivity index (χ2v) is 10.3. The third-order valence-corrected chi connectivity index (χ3v) is 7.53. The first-order valence-corrected chi connectivity index (χ1v) is 13.3. The Morgan fingerprint density at radius 1 is 0.769 bits per heavy atom. The van der Waals surface area contributed by atoms with Gasteiger partial charge >= 0.3 is 6.01 Å². The molecule has 0 fully saturated rings. The molecule has 1 heterocycles. The second kappa shape index (κ2) is 9.21. The molecule has 0 bridgehead atoms. The summed E-state index contributed by atoms with van der Waals surface area (Å²) in [7, 11) is 0. The minimum atomic E-state index is -0.104. The first kappa shape index (κ1) is 23.4. The van der Waals surface area contributed by atoms with Crippen molar-refractivity contribution in [2.24, 2.45) is 5.92 Å². The molecular formula is C34H27N3O2. The largest absolute Gasteiger partial charge is 0.507 e. The van der Waals surface area contributed by atoms with Crippen LogP contribution in [0.3, 0.4) is 0 Å². The van der Waals surface area contributed by atoms with Crippen LogP contribution in [0.5, 0.6) is 11.8 Å². The SMILES string of the molecule is CC(C)Oc1nc(C2=CC=C3C=Cc4c(-c5ccccc5)ccc5c4C3C2C=C5)nc(-c2ccccc2O)n1. The lowest BCUT2D eigenvalue weighted by Crippen LogP contribution is -2.24. The summed E-state index contributed by atoms with van der Waals surface area (Å²) in [5.74, 6) is 1.28. The van der Waals surface area contributed by atoms with Crippen LogP contribution in [0.15, 0.2) is 96.6 Å². The third kappa shape index (κ3) is 3.98. The Morgan fingerprint density at radius 3 is 2.38 bits per heavy atom. The lowest BCUT2D eigenvalue weighted by atomic mass is 9.65. The van der Waals surface area contributed by atoms with Crippen LogP contribution >= 0.6 is 0 Å². The normalized spacial score (nSPS) is 18.4. The van der Waals surface area contributed by atoms with Crippen molar-refractivity contribution in [3.63, 3.8) is 0 Å². The standard InChI is InChI=1S/C34H27N3O2/c1-20(2)39-34-36-32(35-33(37-34)28-10-6-7-11-29(28)38)27-19-15-23-13-17-25-24(21-8-4-3-5-9-21)16-12-22-14-18-26(27)31(23)30(22)25/h3-20,26,31,38H,1-2H3. The van der Waals surface area contributed by atoms with Crippen molar-refractivity contribution in [2.45, 2.75) is 25.9 Å². The van der Waals surface area contributed by atoms with Crippen molar-refractivity contribution in [3.05, 3.63) is 119 Å². The van der Waals surface area contributed by atoms with Crippen molar-refractivity contribution in [1.82, 2.24) is 15.0 Å². The van der Waals surface area contributed by atoms with Crippen LogP contribution in [-0.2, 0) is 0 Å². The molecule has 7 rings (SSSR count). The van der Waals surface area contributed by atoms with Gasteiger partial charge in [-0.3, -0.25) is 0 Å². The molecule has 0 saturated carbocycles. The quantitative estimate of drug-likeness (QED) is 0.302. The summed E-state index contributed by atoms with van der Waals surface area (Å²) >= 11 is 0. The monoisotopic (exact) mass is 509 g/mol. The Labute approximate surface area is 227 Å². The average Bonchev–Trinajstić information content (AvgIpc) is 2.96. The van der Waals surface area contributed by atoms with Gasteiger partial charge in [-0.25, -0.2) is 4.98 Å². The molecule has 2 atom stereocenters. The van der Waals surface area contributed by atoms with Crippen molar-refractivity contribution in [1.29, 1.82) is 0 Å². The van der Waals surface area contributed by atoms with Gasteiger partial charge in [0.2, 0.25) is 0 Å². The minimum Gasteiger partial charge on any atom is -0.507 e. The van der Waals surface area contributed by atoms with Crippen LogP contribution in [0, 0.1) is 5.92 Å². The van der Waals surface area contributed by atoms with E-state index in [-0.39, 0.29) is 29.7 Å². The van der Waals surface area contributed by atoms with Crippen LogP contribution in [-0.4, -0.2) is 26.2 Å². The van der Waals surface area contributed by atoms with E-state index in [9.17, 15) is 5.11 Å². The van der Waals surface area contributed by atoms with Crippen LogP contribution in [0.1, 0.15) is 42.3 Å². The number of benzene rings is 3. The molecule has 39 heavy (non-hydrogen) atoms. The molecule has 2 unspecified atom stereocenters. The Bertz CT molecular complexity index is 1730. The molecule has 3 aliphatic rings. The number of aromatic hydroxyl groups is 1. The van der Waals surface area contributed by atoms with Crippen molar-refractivity contribution in [3.8, 4) is 34.3 Å². The molecule has 4 aromatic rings. The number of aromatic nitrogens is 3. The molecule has 0 saturated heterocycles. The molecule has 0 spiro atoms. The highest BCUT2D eigenvalue weighted by atomic mass is 16.5. The fraction of sp³-hybridized carbons (Fsp3) is 0.147. The molecule has 3 aliphatic carbocycles. The van der Waals surface area contributed by atoms with Gasteiger partial charge in [-0.15, -0.1) is 0 Å². The Morgan fingerprint density at radius 2 is 1.56 bits per heavy atom. The van der Waals surface area contributed by atoms with Crippen molar-refractivity contribution >= 4 is 17.7 Å². The summed E-state index contributed by atoms with van der Waals surface area (Å²) in [5.41, 5.74) is 9.14. The lowest BCUT2D eigenvalue weighted by Gasteiger charge is -2.38. The van der Waals surface area contributed by atoms with Gasteiger partial charge in [0.1, 0.15) is 5.75 Å². The minimum absolute atomic E-state index is 0.0544. The third-order valence-electron chi connectivity index (χ3n) is 7.53. The molecule has 5 nitrogen and oxygen atoms in total. The maximum Gasteiger partial charge on any atom is 0.320 e. The first-order valence-electron chi connectivity index (χ1n) is 13.3. The van der Waals surface area contributed by atoms with Gasteiger partial charge in [0.25, 0.3) is 0 Å². The van der Waals surface area contributed by atoms with E-state index in [1.165, 1.54) is 33.4 Å². The molecule has 1 N–H and O–H groups in total. The van der Waals surface area contributed by atoms with E-state index < -0.39 is 0 Å². The number of nitrogens with zero attached hydrogens (tertiary/aromatic N) is 3. The van der Waals surface area contributed by atoms with E-state index in [0.717, 1.165) is 5.57 Å². The number of allylic oxidation sites excluding steroid dienone is 6. The molecular weight excluding hydrogens is 482 g/mol. The summed E-state index contributed by atoms with van der Waals surface area (Å²) in [5, 5.41) is 10.5. The number of hydrogen-bond acceptors (Lipinski definition) is 5. The van der Waals surface area contributed by atoms with Gasteiger partial charge in [-0.2, -0.15) is 9.97 Å². The smallest absolute Gasteiger partial charge is 0.320 e. The highest BCUT2D eigenvalue weighted by Gasteiger charge is 2.38. The van der Waals surface area contributed by atoms with E-state index in [2.05, 4.69) is 83.9 Å². The molecule has 190 valence electrons. The Balaban J connectivity index is 1.37. The van der Waals surface area contributed by atoms with Crippen LogP contribution in [0.2, 0.25) is 0 Å². The summed E-state index contributed by atoms with van der Waals surface area (Å²) in [6.45, 7) is 3.89. The van der Waals surface area contributed by atoms with Gasteiger partial charge in [-0.1, -0.05) is 91.1 Å². The predicted octanol–water partition coefficient (Wildman–Crippen LogP) is 7.48. The Hall–Kier alpha value is -4.77. The highest BCUT2D eigenvalue weighted by Crippen LogP contribution is 2.52. The van der Waals surface area contributed by atoms with E-state index in [1.807, 2.05) is 19.9 Å². The molecule has 0 amide bonds. The number of rotatable bonds is 5. The molecule has 1 aromatic heterocycles. The second-order valence-electron chi connectivity index (χ2n) is 10.3. The summed E-state index contributed by atoms with van der Waals surface area (Å²) in [6.07, 6.45) is 13.2. The Kier molecular flexibility index (Phi) is 5.51. The predicted molar refractivity (Wildman–Crippen MR) is 155 cm³/mol. The van der Waals surface area contributed by atoms with Crippen molar-refractivity contribution in [2.75, 3.05) is 0 Å². The number of para-hydroxylation sites is 1. The van der Waals surface area contributed by atoms with Crippen molar-refractivity contribution < 1.29 is 9.84 Å². The number of phenolic OH excluding ortho intramolecular Hbond substituents is 1. The average molecular weight is 510 g/mol. The molecule has 5 heteroatoms. The maximum absolute atomic E-state index is 10.5. The molecule has 3 aromatic carbocycles. The van der Waals surface area contributed by atoms with Gasteiger partial charge in [0, 0.05) is 17.4 Å². The number of phenols is 1. The highest BCUT2D eigenvalue weighted by molar-refractivity contribution is 5.87. The fourth-order valence-corrected chi connectivity index (χ4v) is 5.85. The zero-order valence-corrected chi connectivity index (χ0v) is 21.7. The van der Waals surface area contributed by atoms with Gasteiger partial charge in [0.05, 0.1) is 11.7 Å². The number of ether oxygens (including phenoxy) is 1. The summed E-state index contributed by atoms with van der Waals surface area (Å²) in [4.78, 5) is 14.2. The van der Waals surface area contributed by atoms with Crippen LogP contribution in [0.25, 0.3) is 40.2 Å². The van der Waals surface area contributed by atoms with Crippen LogP contribution in [0.4, 0.5) is 0 Å².